The maximum atomic E-state index is 12.8. The molecule has 0 amide bonds. The highest BCUT2D eigenvalue weighted by Gasteiger charge is 2.22. The summed E-state index contributed by atoms with van der Waals surface area (Å²) >= 11 is 5.86. The van der Waals surface area contributed by atoms with Crippen LogP contribution in [0.1, 0.15) is 16.1 Å². The van der Waals surface area contributed by atoms with Crippen molar-refractivity contribution in [2.45, 2.75) is 0 Å². The quantitative estimate of drug-likeness (QED) is 0.415. The highest BCUT2D eigenvalue weighted by Crippen LogP contribution is 2.19. The molecule has 1 aromatic heterocycles. The molecule has 0 fully saturated rings. The molecule has 5 heteroatoms. The smallest absolute Gasteiger partial charge is 0.274 e. The minimum absolute atomic E-state index is 0.215. The first kappa shape index (κ1) is 14.1. The van der Waals surface area contributed by atoms with E-state index in [-0.39, 0.29) is 5.78 Å². The van der Waals surface area contributed by atoms with Crippen molar-refractivity contribution in [3.05, 3.63) is 82.5 Å². The molecule has 2 aromatic carbocycles. The minimum atomic E-state index is -0.215. The zero-order valence-corrected chi connectivity index (χ0v) is 12.2. The fourth-order valence-electron chi connectivity index (χ4n) is 2.30. The van der Waals surface area contributed by atoms with Gasteiger partial charge in [0, 0.05) is 16.7 Å². The van der Waals surface area contributed by atoms with Gasteiger partial charge in [0.1, 0.15) is 0 Å². The van der Waals surface area contributed by atoms with E-state index in [1.165, 1.54) is 4.68 Å². The lowest BCUT2D eigenvalue weighted by Gasteiger charge is -2.05. The molecule has 1 heterocycles. The molecular weight excluding hydrogens is 298 g/mol. The van der Waals surface area contributed by atoms with Gasteiger partial charge in [-0.25, -0.2) is 0 Å². The van der Waals surface area contributed by atoms with Crippen molar-refractivity contribution in [1.29, 1.82) is 0 Å². The van der Waals surface area contributed by atoms with E-state index in [1.54, 1.807) is 36.5 Å². The molecule has 0 N–H and O–H groups in total. The lowest BCUT2D eigenvalue weighted by molar-refractivity contribution is -0.678. The van der Waals surface area contributed by atoms with Crippen molar-refractivity contribution in [3.8, 4) is 0 Å². The number of ketones is 1. The van der Waals surface area contributed by atoms with Crippen LogP contribution in [0.3, 0.4) is 0 Å². The number of nitrogens with zero attached hydrogens (tertiary/aromatic N) is 3. The van der Waals surface area contributed by atoms with E-state index in [0.717, 1.165) is 10.8 Å². The Morgan fingerprint density at radius 2 is 1.82 bits per heavy atom. The topological polar surface area (TPSA) is 55.6 Å². The van der Waals surface area contributed by atoms with Gasteiger partial charge in [0.25, 0.3) is 11.5 Å². The molecule has 0 atom stereocenters. The second kappa shape index (κ2) is 5.90. The molecular formula is C17H10ClN3O. The Bertz CT molecular complexity index is 913. The van der Waals surface area contributed by atoms with Crippen molar-refractivity contribution < 1.29 is 9.47 Å². The number of pyridine rings is 1. The van der Waals surface area contributed by atoms with Gasteiger partial charge in [-0.1, -0.05) is 35.8 Å². The molecule has 0 saturated heterocycles. The molecule has 0 aliphatic rings. The van der Waals surface area contributed by atoms with Gasteiger partial charge in [0.2, 0.25) is 0 Å². The van der Waals surface area contributed by atoms with E-state index in [0.29, 0.717) is 16.3 Å². The third kappa shape index (κ3) is 2.53. The van der Waals surface area contributed by atoms with Gasteiger partial charge in [-0.3, -0.25) is 4.79 Å². The van der Waals surface area contributed by atoms with Crippen LogP contribution in [0.25, 0.3) is 16.2 Å². The van der Waals surface area contributed by atoms with Gasteiger partial charge in [-0.15, -0.1) is 4.68 Å². The van der Waals surface area contributed by atoms with Gasteiger partial charge in [-0.05, 0) is 35.7 Å². The molecule has 0 aliphatic heterocycles. The molecule has 0 bridgehead atoms. The molecule has 0 spiro atoms. The number of halogens is 1. The average molecular weight is 308 g/mol. The van der Waals surface area contributed by atoms with Crippen LogP contribution in [0, 0.1) is 0 Å². The Morgan fingerprint density at radius 1 is 1.09 bits per heavy atom. The zero-order chi connectivity index (χ0) is 15.5. The molecule has 0 radical (unpaired) electrons. The third-order valence-corrected chi connectivity index (χ3v) is 3.57. The fourth-order valence-corrected chi connectivity index (χ4v) is 2.43. The summed E-state index contributed by atoms with van der Waals surface area (Å²) in [5, 5.41) is 14.7. The SMILES string of the molecule is [N-]=C=N[n+]1ccc2ccccc2c1C(=O)c1ccc(Cl)cc1. The number of aromatic nitrogens is 1. The monoisotopic (exact) mass is 307 g/mol. The molecule has 3 aromatic rings. The van der Waals surface area contributed by atoms with Crippen molar-refractivity contribution >= 4 is 34.2 Å². The van der Waals surface area contributed by atoms with Crippen LogP contribution in [-0.2, 0) is 0 Å². The van der Waals surface area contributed by atoms with Crippen LogP contribution in [0.2, 0.25) is 5.02 Å². The maximum Gasteiger partial charge on any atom is 0.274 e. The molecule has 22 heavy (non-hydrogen) atoms. The first-order valence-electron chi connectivity index (χ1n) is 6.54. The Morgan fingerprint density at radius 3 is 2.55 bits per heavy atom. The fraction of sp³-hybridized carbons (Fsp3) is 0. The van der Waals surface area contributed by atoms with Crippen molar-refractivity contribution in [2.24, 2.45) is 5.10 Å². The van der Waals surface area contributed by atoms with E-state index in [1.807, 2.05) is 30.3 Å². The highest BCUT2D eigenvalue weighted by atomic mass is 35.5. The Balaban J connectivity index is 2.27. The predicted octanol–water partition coefficient (Wildman–Crippen LogP) is 3.52. The van der Waals surface area contributed by atoms with Crippen molar-refractivity contribution in [3.63, 3.8) is 0 Å². The lowest BCUT2D eigenvalue weighted by atomic mass is 10.0. The zero-order valence-electron chi connectivity index (χ0n) is 11.4. The molecule has 3 rings (SSSR count). The third-order valence-electron chi connectivity index (χ3n) is 3.31. The molecule has 0 aliphatic carbocycles. The van der Waals surface area contributed by atoms with Crippen LogP contribution >= 0.6 is 11.6 Å². The van der Waals surface area contributed by atoms with Crippen LogP contribution in [-0.4, -0.2) is 11.8 Å². The van der Waals surface area contributed by atoms with E-state index < -0.39 is 0 Å². The Hall–Kier alpha value is -2.81. The normalized spacial score (nSPS) is 10.2. The number of carbonyl (C=O) groups is 1. The molecule has 0 saturated carbocycles. The summed E-state index contributed by atoms with van der Waals surface area (Å²) in [6.07, 6.45) is 1.61. The van der Waals surface area contributed by atoms with Gasteiger partial charge in [0.15, 0.2) is 6.20 Å². The predicted molar refractivity (Wildman–Crippen MR) is 85.2 cm³/mol. The summed E-state index contributed by atoms with van der Waals surface area (Å²) in [5.41, 5.74) is 0.838. The van der Waals surface area contributed by atoms with Crippen molar-refractivity contribution in [2.75, 3.05) is 0 Å². The van der Waals surface area contributed by atoms with E-state index in [2.05, 4.69) is 5.10 Å². The number of rotatable bonds is 3. The standard InChI is InChI=1S/C17H10ClN3O/c18-14-7-5-13(6-8-14)17(22)16-15-4-2-1-3-12(15)9-10-21(16)20-11-19/h1-10H. The Labute approximate surface area is 131 Å². The summed E-state index contributed by atoms with van der Waals surface area (Å²) in [4.78, 5) is 12.8. The van der Waals surface area contributed by atoms with E-state index in [4.69, 9.17) is 17.0 Å². The van der Waals surface area contributed by atoms with Crippen LogP contribution < -0.4 is 4.68 Å². The number of hydrogen-bond donors (Lipinski definition) is 0. The summed E-state index contributed by atoms with van der Waals surface area (Å²) in [6.45, 7) is 0. The van der Waals surface area contributed by atoms with Crippen LogP contribution in [0.5, 0.6) is 0 Å². The lowest BCUT2D eigenvalue weighted by Crippen LogP contribution is -2.35. The Kier molecular flexibility index (Phi) is 3.79. The van der Waals surface area contributed by atoms with Gasteiger partial charge in [0.05, 0.1) is 5.39 Å². The van der Waals surface area contributed by atoms with Gasteiger partial charge in [-0.2, -0.15) is 5.10 Å². The first-order chi connectivity index (χ1) is 10.7. The van der Waals surface area contributed by atoms with Crippen molar-refractivity contribution in [1.82, 2.24) is 0 Å². The first-order valence-corrected chi connectivity index (χ1v) is 6.92. The van der Waals surface area contributed by atoms with Gasteiger partial charge < -0.3 is 5.41 Å². The highest BCUT2D eigenvalue weighted by molar-refractivity contribution is 6.30. The van der Waals surface area contributed by atoms with E-state index in [9.17, 15) is 4.79 Å². The molecule has 0 unspecified atom stereocenters. The number of carbonyl (C=O) groups excluding carboxylic acids is 1. The number of fused-ring (bicyclic) bond motifs is 1. The summed E-state index contributed by atoms with van der Waals surface area (Å²) in [6, 6.07) is 17.6. The summed E-state index contributed by atoms with van der Waals surface area (Å²) in [5.74, 6) is -0.215. The maximum absolute atomic E-state index is 12.8. The van der Waals surface area contributed by atoms with Gasteiger partial charge >= 0.3 is 0 Å². The summed E-state index contributed by atoms with van der Waals surface area (Å²) < 4.78 is 1.30. The molecule has 106 valence electrons. The summed E-state index contributed by atoms with van der Waals surface area (Å²) in [7, 11) is 0. The van der Waals surface area contributed by atoms with E-state index >= 15 is 0 Å². The minimum Gasteiger partial charge on any atom is -0.418 e. The molecule has 4 nitrogen and oxygen atoms in total. The average Bonchev–Trinajstić information content (AvgIpc) is 2.55. The largest absolute Gasteiger partial charge is 0.418 e. The van der Waals surface area contributed by atoms with Crippen LogP contribution in [0.15, 0.2) is 65.9 Å². The second-order valence-electron chi connectivity index (χ2n) is 4.63. The number of benzene rings is 2. The number of hydrogen-bond acceptors (Lipinski definition) is 2. The second-order valence-corrected chi connectivity index (χ2v) is 5.07. The van der Waals surface area contributed by atoms with Crippen LogP contribution in [0.4, 0.5) is 0 Å².